The third-order valence-corrected chi connectivity index (χ3v) is 4.09. The first kappa shape index (κ1) is 14.7. The minimum absolute atomic E-state index is 0.0427. The van der Waals surface area contributed by atoms with Crippen LogP contribution in [0.25, 0.3) is 0 Å². The number of benzene rings is 1. The minimum Gasteiger partial charge on any atom is -0.397 e. The molecule has 0 fully saturated rings. The second-order valence-corrected chi connectivity index (χ2v) is 5.78. The van der Waals surface area contributed by atoms with Gasteiger partial charge in [-0.25, -0.2) is 13.1 Å². The van der Waals surface area contributed by atoms with Crippen LogP contribution >= 0.6 is 0 Å². The van der Waals surface area contributed by atoms with Crippen LogP contribution < -0.4 is 15.8 Å². The minimum atomic E-state index is -3.49. The monoisotopic (exact) mass is 273 g/mol. The molecule has 1 unspecified atom stereocenters. The van der Waals surface area contributed by atoms with Crippen LogP contribution in [0.5, 0.6) is 0 Å². The molecule has 1 atom stereocenters. The molecular weight excluding hydrogens is 254 g/mol. The van der Waals surface area contributed by atoms with Gasteiger partial charge in [0.2, 0.25) is 10.0 Å². The molecule has 102 valence electrons. The van der Waals surface area contributed by atoms with Crippen molar-refractivity contribution in [3.63, 3.8) is 0 Å². The molecule has 0 aliphatic rings. The van der Waals surface area contributed by atoms with Crippen molar-refractivity contribution in [2.45, 2.75) is 24.3 Å². The molecule has 6 nitrogen and oxygen atoms in total. The Morgan fingerprint density at radius 2 is 2.11 bits per heavy atom. The zero-order valence-corrected chi connectivity index (χ0v) is 11.3. The lowest BCUT2D eigenvalue weighted by atomic mass is 10.2. The maximum Gasteiger partial charge on any atom is 0.240 e. The Hall–Kier alpha value is -1.31. The average Bonchev–Trinajstić information content (AvgIpc) is 2.37. The highest BCUT2D eigenvalue weighted by atomic mass is 32.2. The number of sulfonamides is 1. The fraction of sp³-hybridized carbons (Fsp3) is 0.455. The SMILES string of the molecule is CCC(CO)Nc1cc(S(=O)(=O)NC)ccc1N. The average molecular weight is 273 g/mol. The molecule has 0 aliphatic carbocycles. The van der Waals surface area contributed by atoms with Gasteiger partial charge in [-0.15, -0.1) is 0 Å². The summed E-state index contributed by atoms with van der Waals surface area (Å²) in [6, 6.07) is 4.27. The summed E-state index contributed by atoms with van der Waals surface area (Å²) in [6.45, 7) is 1.87. The molecule has 0 radical (unpaired) electrons. The van der Waals surface area contributed by atoms with Crippen molar-refractivity contribution in [1.29, 1.82) is 0 Å². The van der Waals surface area contributed by atoms with Crippen LogP contribution in [-0.2, 0) is 10.0 Å². The predicted molar refractivity (Wildman–Crippen MR) is 71.9 cm³/mol. The van der Waals surface area contributed by atoms with Crippen molar-refractivity contribution in [3.8, 4) is 0 Å². The van der Waals surface area contributed by atoms with Crippen LogP contribution in [0.4, 0.5) is 11.4 Å². The van der Waals surface area contributed by atoms with E-state index in [0.717, 1.165) is 0 Å². The van der Waals surface area contributed by atoms with Crippen molar-refractivity contribution in [1.82, 2.24) is 4.72 Å². The second kappa shape index (κ2) is 6.03. The van der Waals surface area contributed by atoms with E-state index in [2.05, 4.69) is 10.0 Å². The number of hydrogen-bond acceptors (Lipinski definition) is 5. The molecule has 7 heteroatoms. The number of nitrogen functional groups attached to an aromatic ring is 1. The molecule has 0 amide bonds. The van der Waals surface area contributed by atoms with Crippen molar-refractivity contribution in [2.75, 3.05) is 24.7 Å². The van der Waals surface area contributed by atoms with E-state index in [1.807, 2.05) is 6.92 Å². The number of aliphatic hydroxyl groups excluding tert-OH is 1. The smallest absolute Gasteiger partial charge is 0.240 e. The summed E-state index contributed by atoms with van der Waals surface area (Å²) in [5.74, 6) is 0. The highest BCUT2D eigenvalue weighted by Gasteiger charge is 2.14. The van der Waals surface area contributed by atoms with Crippen LogP contribution in [0.3, 0.4) is 0 Å². The summed E-state index contributed by atoms with van der Waals surface area (Å²) in [5, 5.41) is 12.1. The zero-order valence-electron chi connectivity index (χ0n) is 10.5. The molecule has 1 aromatic carbocycles. The van der Waals surface area contributed by atoms with Gasteiger partial charge in [0.1, 0.15) is 0 Å². The Kier molecular flexibility index (Phi) is 4.94. The van der Waals surface area contributed by atoms with Crippen LogP contribution in [0.2, 0.25) is 0 Å². The first-order chi connectivity index (χ1) is 8.44. The third kappa shape index (κ3) is 3.34. The lowest BCUT2D eigenvalue weighted by Crippen LogP contribution is -2.24. The molecule has 1 rings (SSSR count). The Labute approximate surface area is 107 Å². The number of aliphatic hydroxyl groups is 1. The Morgan fingerprint density at radius 1 is 1.44 bits per heavy atom. The number of hydrogen-bond donors (Lipinski definition) is 4. The second-order valence-electron chi connectivity index (χ2n) is 3.89. The molecule has 18 heavy (non-hydrogen) atoms. The quantitative estimate of drug-likeness (QED) is 0.560. The van der Waals surface area contributed by atoms with Gasteiger partial charge in [-0.1, -0.05) is 6.92 Å². The molecule has 0 saturated heterocycles. The highest BCUT2D eigenvalue weighted by Crippen LogP contribution is 2.23. The van der Waals surface area contributed by atoms with Gasteiger partial charge < -0.3 is 16.2 Å². The van der Waals surface area contributed by atoms with E-state index in [9.17, 15) is 8.42 Å². The molecule has 0 heterocycles. The fourth-order valence-corrected chi connectivity index (χ4v) is 2.20. The first-order valence-corrected chi connectivity index (χ1v) is 7.13. The Morgan fingerprint density at radius 3 is 2.61 bits per heavy atom. The maximum atomic E-state index is 11.7. The van der Waals surface area contributed by atoms with Crippen LogP contribution in [0.15, 0.2) is 23.1 Å². The Bertz CT molecular complexity index is 498. The number of nitrogens with one attached hydrogen (secondary N) is 2. The van der Waals surface area contributed by atoms with E-state index < -0.39 is 10.0 Å². The summed E-state index contributed by atoms with van der Waals surface area (Å²) >= 11 is 0. The van der Waals surface area contributed by atoms with Gasteiger partial charge in [0.25, 0.3) is 0 Å². The molecule has 0 aliphatic heterocycles. The molecule has 5 N–H and O–H groups in total. The van der Waals surface area contributed by atoms with Crippen LogP contribution in [-0.4, -0.2) is 33.2 Å². The summed E-state index contributed by atoms with van der Waals surface area (Å²) in [6.07, 6.45) is 0.707. The van der Waals surface area contributed by atoms with E-state index in [1.54, 1.807) is 0 Å². The normalized spacial score (nSPS) is 13.3. The number of nitrogens with two attached hydrogens (primary N) is 1. The van der Waals surface area contributed by atoms with E-state index >= 15 is 0 Å². The molecule has 1 aromatic rings. The largest absolute Gasteiger partial charge is 0.397 e. The van der Waals surface area contributed by atoms with Crippen molar-refractivity contribution in [3.05, 3.63) is 18.2 Å². The molecular formula is C11H19N3O3S. The van der Waals surface area contributed by atoms with Crippen LogP contribution in [0.1, 0.15) is 13.3 Å². The topological polar surface area (TPSA) is 104 Å². The maximum absolute atomic E-state index is 11.7. The van der Waals surface area contributed by atoms with E-state index in [1.165, 1.54) is 25.2 Å². The highest BCUT2D eigenvalue weighted by molar-refractivity contribution is 7.89. The molecule has 0 aromatic heterocycles. The van der Waals surface area contributed by atoms with Gasteiger partial charge in [-0.2, -0.15) is 0 Å². The molecule has 0 spiro atoms. The summed E-state index contributed by atoms with van der Waals surface area (Å²) in [5.41, 5.74) is 6.72. The molecule has 0 bridgehead atoms. The van der Waals surface area contributed by atoms with Gasteiger partial charge in [-0.05, 0) is 31.7 Å². The first-order valence-electron chi connectivity index (χ1n) is 5.65. The van der Waals surface area contributed by atoms with Crippen molar-refractivity contribution >= 4 is 21.4 Å². The summed E-state index contributed by atoms with van der Waals surface area (Å²) in [4.78, 5) is 0.134. The summed E-state index contributed by atoms with van der Waals surface area (Å²) < 4.78 is 25.6. The Balaban J connectivity index is 3.09. The molecule has 0 saturated carbocycles. The zero-order chi connectivity index (χ0) is 13.8. The standard InChI is InChI=1S/C11H19N3O3S/c1-3-8(7-15)14-11-6-9(4-5-10(11)12)18(16,17)13-2/h4-6,8,13-15H,3,7,12H2,1-2H3. The summed E-state index contributed by atoms with van der Waals surface area (Å²) in [7, 11) is -2.15. The van der Waals surface area contributed by atoms with Gasteiger partial charge in [-0.3, -0.25) is 0 Å². The van der Waals surface area contributed by atoms with Crippen LogP contribution in [0, 0.1) is 0 Å². The van der Waals surface area contributed by atoms with Gasteiger partial charge in [0, 0.05) is 6.04 Å². The van der Waals surface area contributed by atoms with Gasteiger partial charge in [0.15, 0.2) is 0 Å². The lowest BCUT2D eigenvalue weighted by molar-refractivity contribution is 0.272. The van der Waals surface area contributed by atoms with E-state index in [4.69, 9.17) is 10.8 Å². The van der Waals surface area contributed by atoms with E-state index in [0.29, 0.717) is 17.8 Å². The van der Waals surface area contributed by atoms with Gasteiger partial charge in [0.05, 0.1) is 22.9 Å². The van der Waals surface area contributed by atoms with Crippen molar-refractivity contribution < 1.29 is 13.5 Å². The number of anilines is 2. The fourth-order valence-electron chi connectivity index (χ4n) is 1.44. The number of rotatable bonds is 6. The van der Waals surface area contributed by atoms with Gasteiger partial charge >= 0.3 is 0 Å². The predicted octanol–water partition coefficient (Wildman–Crippen LogP) is 0.360. The van der Waals surface area contributed by atoms with E-state index in [-0.39, 0.29) is 17.5 Å². The third-order valence-electron chi connectivity index (χ3n) is 2.68. The lowest BCUT2D eigenvalue weighted by Gasteiger charge is -2.17. The van der Waals surface area contributed by atoms with Crippen molar-refractivity contribution in [2.24, 2.45) is 0 Å².